The molecule has 1 saturated heterocycles. The molecule has 2 amide bonds. The Hall–Kier alpha value is -1.84. The third kappa shape index (κ3) is 2.67. The molecular formula is C17H24N2O2. The van der Waals surface area contributed by atoms with Crippen molar-refractivity contribution in [3.63, 3.8) is 0 Å². The van der Waals surface area contributed by atoms with E-state index >= 15 is 0 Å². The van der Waals surface area contributed by atoms with Crippen molar-refractivity contribution < 1.29 is 9.59 Å². The standard InChI is InChI=1S/C17H24N2O2/c1-6-13-16(20)18-15(10(2)3)17(21)19(13)14-9-7-8-11(4)12(14)5/h7-10,13,15H,6H2,1-5H3,(H,18,20). The zero-order valence-electron chi connectivity index (χ0n) is 13.4. The van der Waals surface area contributed by atoms with Gasteiger partial charge in [0.15, 0.2) is 0 Å². The van der Waals surface area contributed by atoms with E-state index in [4.69, 9.17) is 0 Å². The molecule has 0 aromatic heterocycles. The van der Waals surface area contributed by atoms with Crippen LogP contribution in [0.1, 0.15) is 38.3 Å². The van der Waals surface area contributed by atoms with Crippen molar-refractivity contribution in [1.29, 1.82) is 0 Å². The van der Waals surface area contributed by atoms with Crippen molar-refractivity contribution in [2.24, 2.45) is 5.92 Å². The number of carbonyl (C=O) groups is 2. The Balaban J connectivity index is 2.52. The Kier molecular flexibility index (Phi) is 4.35. The van der Waals surface area contributed by atoms with Crippen LogP contribution in [0.5, 0.6) is 0 Å². The third-order valence-corrected chi connectivity index (χ3v) is 4.30. The van der Waals surface area contributed by atoms with Gasteiger partial charge in [0, 0.05) is 5.69 Å². The minimum absolute atomic E-state index is 0.00912. The summed E-state index contributed by atoms with van der Waals surface area (Å²) in [5, 5.41) is 2.87. The predicted molar refractivity (Wildman–Crippen MR) is 84.2 cm³/mol. The van der Waals surface area contributed by atoms with Gasteiger partial charge in [0.25, 0.3) is 5.91 Å². The summed E-state index contributed by atoms with van der Waals surface area (Å²) in [6.45, 7) is 9.87. The van der Waals surface area contributed by atoms with Crippen LogP contribution in [0.25, 0.3) is 0 Å². The highest BCUT2D eigenvalue weighted by Crippen LogP contribution is 2.29. The van der Waals surface area contributed by atoms with E-state index in [0.29, 0.717) is 6.42 Å². The minimum Gasteiger partial charge on any atom is -0.342 e. The number of rotatable bonds is 3. The van der Waals surface area contributed by atoms with Gasteiger partial charge >= 0.3 is 0 Å². The topological polar surface area (TPSA) is 49.4 Å². The molecule has 1 aromatic rings. The van der Waals surface area contributed by atoms with Crippen molar-refractivity contribution >= 4 is 17.5 Å². The van der Waals surface area contributed by atoms with Gasteiger partial charge in [-0.2, -0.15) is 0 Å². The number of nitrogens with one attached hydrogen (secondary N) is 1. The summed E-state index contributed by atoms with van der Waals surface area (Å²) in [5.41, 5.74) is 3.04. The maximum atomic E-state index is 12.9. The highest BCUT2D eigenvalue weighted by Gasteiger charge is 2.42. The molecule has 4 heteroatoms. The van der Waals surface area contributed by atoms with E-state index in [0.717, 1.165) is 16.8 Å². The van der Waals surface area contributed by atoms with Crippen LogP contribution in [0.2, 0.25) is 0 Å². The second-order valence-electron chi connectivity index (χ2n) is 6.08. The van der Waals surface area contributed by atoms with Gasteiger partial charge in [-0.15, -0.1) is 0 Å². The minimum atomic E-state index is -0.444. The van der Waals surface area contributed by atoms with Crippen LogP contribution in [0.4, 0.5) is 5.69 Å². The SMILES string of the molecule is CCC1C(=O)NC(C(C)C)C(=O)N1c1cccc(C)c1C. The van der Waals surface area contributed by atoms with Crippen molar-refractivity contribution in [1.82, 2.24) is 5.32 Å². The summed E-state index contributed by atoms with van der Waals surface area (Å²) in [6, 6.07) is 5.02. The molecule has 1 heterocycles. The maximum Gasteiger partial charge on any atom is 0.250 e. The van der Waals surface area contributed by atoms with Crippen LogP contribution in [-0.2, 0) is 9.59 Å². The van der Waals surface area contributed by atoms with E-state index in [-0.39, 0.29) is 17.7 Å². The average molecular weight is 288 g/mol. The Morgan fingerprint density at radius 1 is 1.24 bits per heavy atom. The van der Waals surface area contributed by atoms with Crippen molar-refractivity contribution in [3.8, 4) is 0 Å². The van der Waals surface area contributed by atoms with Crippen molar-refractivity contribution in [3.05, 3.63) is 29.3 Å². The molecule has 0 radical (unpaired) electrons. The number of nitrogens with zero attached hydrogens (tertiary/aromatic N) is 1. The number of hydrogen-bond donors (Lipinski definition) is 1. The second-order valence-corrected chi connectivity index (χ2v) is 6.08. The van der Waals surface area contributed by atoms with Gasteiger partial charge in [-0.05, 0) is 43.4 Å². The monoisotopic (exact) mass is 288 g/mol. The highest BCUT2D eigenvalue weighted by atomic mass is 16.2. The van der Waals surface area contributed by atoms with Crippen LogP contribution in [0, 0.1) is 19.8 Å². The molecule has 1 aliphatic rings. The molecule has 2 rings (SSSR count). The number of piperazine rings is 1. The first-order chi connectivity index (χ1) is 9.88. The maximum absolute atomic E-state index is 12.9. The molecule has 0 spiro atoms. The number of aryl methyl sites for hydroxylation is 1. The molecule has 1 aliphatic heterocycles. The van der Waals surface area contributed by atoms with Crippen LogP contribution in [0.3, 0.4) is 0 Å². The fourth-order valence-corrected chi connectivity index (χ4v) is 2.83. The van der Waals surface area contributed by atoms with E-state index in [1.54, 1.807) is 4.90 Å². The summed E-state index contributed by atoms with van der Waals surface area (Å²) < 4.78 is 0. The molecule has 1 N–H and O–H groups in total. The van der Waals surface area contributed by atoms with E-state index in [1.165, 1.54) is 0 Å². The lowest BCUT2D eigenvalue weighted by Gasteiger charge is -2.40. The summed E-state index contributed by atoms with van der Waals surface area (Å²) in [4.78, 5) is 26.9. The van der Waals surface area contributed by atoms with E-state index in [1.807, 2.05) is 52.8 Å². The molecule has 1 aromatic carbocycles. The van der Waals surface area contributed by atoms with Gasteiger partial charge in [-0.1, -0.05) is 32.9 Å². The average Bonchev–Trinajstić information content (AvgIpc) is 2.43. The lowest BCUT2D eigenvalue weighted by Crippen LogP contribution is -2.65. The van der Waals surface area contributed by atoms with Gasteiger partial charge in [0.1, 0.15) is 12.1 Å². The van der Waals surface area contributed by atoms with E-state index in [2.05, 4.69) is 5.32 Å². The number of benzene rings is 1. The Labute approximate surface area is 126 Å². The summed E-state index contributed by atoms with van der Waals surface area (Å²) in [5.74, 6) is 0.00808. The first kappa shape index (κ1) is 15.5. The van der Waals surface area contributed by atoms with Gasteiger partial charge < -0.3 is 5.32 Å². The van der Waals surface area contributed by atoms with Crippen molar-refractivity contribution in [2.45, 2.75) is 53.1 Å². The molecule has 114 valence electrons. The zero-order chi connectivity index (χ0) is 15.7. The lowest BCUT2D eigenvalue weighted by molar-refractivity contribution is -0.134. The van der Waals surface area contributed by atoms with Crippen LogP contribution in [-0.4, -0.2) is 23.9 Å². The number of carbonyl (C=O) groups excluding carboxylic acids is 2. The fourth-order valence-electron chi connectivity index (χ4n) is 2.83. The summed E-state index contributed by atoms with van der Waals surface area (Å²) in [7, 11) is 0. The molecule has 0 bridgehead atoms. The molecule has 0 saturated carbocycles. The van der Waals surface area contributed by atoms with Gasteiger partial charge in [0.2, 0.25) is 5.91 Å². The number of hydrogen-bond acceptors (Lipinski definition) is 2. The first-order valence-corrected chi connectivity index (χ1v) is 7.58. The van der Waals surface area contributed by atoms with Crippen LogP contribution >= 0.6 is 0 Å². The third-order valence-electron chi connectivity index (χ3n) is 4.30. The Morgan fingerprint density at radius 2 is 1.90 bits per heavy atom. The molecule has 21 heavy (non-hydrogen) atoms. The number of anilines is 1. The smallest absolute Gasteiger partial charge is 0.250 e. The molecule has 0 aliphatic carbocycles. The molecule has 2 atom stereocenters. The summed E-state index contributed by atoms with van der Waals surface area (Å²) >= 11 is 0. The van der Waals surface area contributed by atoms with Gasteiger partial charge in [-0.25, -0.2) is 0 Å². The predicted octanol–water partition coefficient (Wildman–Crippen LogP) is 2.57. The molecular weight excluding hydrogens is 264 g/mol. The quantitative estimate of drug-likeness (QED) is 0.929. The van der Waals surface area contributed by atoms with Crippen molar-refractivity contribution in [2.75, 3.05) is 4.90 Å². The summed E-state index contributed by atoms with van der Waals surface area (Å²) in [6.07, 6.45) is 0.607. The van der Waals surface area contributed by atoms with Gasteiger partial charge in [0.05, 0.1) is 0 Å². The Morgan fingerprint density at radius 3 is 2.48 bits per heavy atom. The molecule has 4 nitrogen and oxygen atoms in total. The first-order valence-electron chi connectivity index (χ1n) is 7.58. The van der Waals surface area contributed by atoms with E-state index in [9.17, 15) is 9.59 Å². The highest BCUT2D eigenvalue weighted by molar-refractivity contribution is 6.08. The van der Waals surface area contributed by atoms with E-state index < -0.39 is 12.1 Å². The van der Waals surface area contributed by atoms with Crippen LogP contribution in [0.15, 0.2) is 18.2 Å². The normalized spacial score (nSPS) is 22.7. The zero-order valence-corrected chi connectivity index (χ0v) is 13.4. The lowest BCUT2D eigenvalue weighted by atomic mass is 9.95. The molecule has 1 fully saturated rings. The fraction of sp³-hybridized carbons (Fsp3) is 0.529. The second kappa shape index (κ2) is 5.88. The molecule has 2 unspecified atom stereocenters. The largest absolute Gasteiger partial charge is 0.342 e. The van der Waals surface area contributed by atoms with Crippen LogP contribution < -0.4 is 10.2 Å². The van der Waals surface area contributed by atoms with Gasteiger partial charge in [-0.3, -0.25) is 14.5 Å². The Bertz CT molecular complexity index is 566. The number of amides is 2.